The molecular weight excluding hydrogens is 616 g/mol. The Kier molecular flexibility index (Phi) is 6.11. The molecule has 0 radical (unpaired) electrons. The van der Waals surface area contributed by atoms with E-state index in [1.807, 2.05) is 18.4 Å². The lowest BCUT2D eigenvalue weighted by atomic mass is 9.79. The first-order chi connectivity index (χ1) is 19.6. The largest absolute Gasteiger partial charge is 0.465 e. The van der Waals surface area contributed by atoms with Crippen molar-refractivity contribution in [2.75, 3.05) is 19.3 Å². The van der Waals surface area contributed by atoms with Crippen molar-refractivity contribution in [3.05, 3.63) is 33.7 Å². The van der Waals surface area contributed by atoms with Gasteiger partial charge in [0.2, 0.25) is 0 Å². The molecule has 5 aliphatic rings. The molecule has 1 N–H and O–H groups in total. The Balaban J connectivity index is 1.53. The summed E-state index contributed by atoms with van der Waals surface area (Å²) in [6.07, 6.45) is 3.47. The van der Waals surface area contributed by atoms with Crippen LogP contribution in [-0.4, -0.2) is 67.5 Å². The van der Waals surface area contributed by atoms with Crippen LogP contribution in [0.25, 0.3) is 21.8 Å². The Hall–Kier alpha value is -2.91. The highest BCUT2D eigenvalue weighted by atomic mass is 79.9. The molecule has 2 amide bonds. The molecule has 2 unspecified atom stereocenters. The SMILES string of the molecule is CSc1nc2c(F)c(Br)c(C(C)C#N)cc2c2c1cc(C1CCCN1C(=O)C1(F)CC1)n2[C@H]1[C@@H]2C[C@H]1N(C(=O)O)C2. The third kappa shape index (κ3) is 3.77. The highest BCUT2D eigenvalue weighted by Crippen LogP contribution is 2.54. The molecule has 8 rings (SSSR count). The number of amides is 2. The van der Waals surface area contributed by atoms with Gasteiger partial charge in [-0.25, -0.2) is 18.6 Å². The zero-order valence-corrected chi connectivity index (χ0v) is 24.9. The summed E-state index contributed by atoms with van der Waals surface area (Å²) in [7, 11) is 0. The van der Waals surface area contributed by atoms with Crippen LogP contribution >= 0.6 is 27.7 Å². The number of carbonyl (C=O) groups excluding carboxylic acids is 1. The Morgan fingerprint density at radius 1 is 1.29 bits per heavy atom. The molecule has 3 aliphatic heterocycles. The number of carbonyl (C=O) groups is 2. The van der Waals surface area contributed by atoms with Crippen LogP contribution in [0.2, 0.25) is 0 Å². The average molecular weight is 645 g/mol. The smallest absolute Gasteiger partial charge is 0.407 e. The van der Waals surface area contributed by atoms with Gasteiger partial charge < -0.3 is 19.5 Å². The second kappa shape index (κ2) is 9.30. The first-order valence-corrected chi connectivity index (χ1v) is 15.9. The van der Waals surface area contributed by atoms with Crippen LogP contribution in [0.4, 0.5) is 13.6 Å². The summed E-state index contributed by atoms with van der Waals surface area (Å²) in [6.45, 7) is 2.56. The molecule has 0 spiro atoms. The number of thioether (sulfide) groups is 1. The number of nitriles is 1. The monoisotopic (exact) mass is 643 g/mol. The molecule has 2 aliphatic carbocycles. The van der Waals surface area contributed by atoms with Gasteiger partial charge in [0.15, 0.2) is 11.5 Å². The predicted molar refractivity (Wildman–Crippen MR) is 153 cm³/mol. The van der Waals surface area contributed by atoms with E-state index >= 15 is 8.78 Å². The average Bonchev–Trinajstić information content (AvgIpc) is 3.41. The van der Waals surface area contributed by atoms with E-state index in [1.165, 1.54) is 16.7 Å². The summed E-state index contributed by atoms with van der Waals surface area (Å²) in [6, 6.07) is 5.15. The van der Waals surface area contributed by atoms with Crippen molar-refractivity contribution in [1.82, 2.24) is 19.4 Å². The molecule has 2 bridgehead atoms. The second-order valence-electron chi connectivity index (χ2n) is 11.8. The molecule has 12 heteroatoms. The van der Waals surface area contributed by atoms with E-state index in [4.69, 9.17) is 4.98 Å². The number of hydrogen-bond donors (Lipinski definition) is 1. The molecule has 41 heavy (non-hydrogen) atoms. The van der Waals surface area contributed by atoms with Gasteiger partial charge in [0.05, 0.1) is 40.1 Å². The standard InChI is InChI=1S/C29H28BrF2N5O3S/c1-13(11-33)15-9-16-23(22(31)21(15)30)34-26(41-2)17-10-19(18-4-3-7-35(18)27(38)29(32)5-6-29)37(25(16)17)24-14-8-20(24)36(12-14)28(39)40/h9-10,13-14,18,20,24H,3-8,12H2,1-2H3,(H,39,40)/t13?,14-,18?,20-,24+/m1/s1. The highest BCUT2D eigenvalue weighted by molar-refractivity contribution is 9.10. The van der Waals surface area contributed by atoms with Crippen molar-refractivity contribution in [2.24, 2.45) is 5.92 Å². The Morgan fingerprint density at radius 3 is 2.68 bits per heavy atom. The summed E-state index contributed by atoms with van der Waals surface area (Å²) in [5.41, 5.74) is 0.395. The molecule has 3 aromatic rings. The maximum absolute atomic E-state index is 16.0. The van der Waals surface area contributed by atoms with Gasteiger partial charge in [0, 0.05) is 35.5 Å². The summed E-state index contributed by atoms with van der Waals surface area (Å²) >= 11 is 4.74. The maximum atomic E-state index is 16.0. The van der Waals surface area contributed by atoms with E-state index in [1.54, 1.807) is 11.8 Å². The summed E-state index contributed by atoms with van der Waals surface area (Å²) in [4.78, 5) is 33.2. The van der Waals surface area contributed by atoms with E-state index in [2.05, 4.69) is 26.6 Å². The molecule has 2 aromatic heterocycles. The number of carboxylic acid groups (broad SMARTS) is 1. The van der Waals surface area contributed by atoms with E-state index in [-0.39, 0.29) is 46.9 Å². The Bertz CT molecular complexity index is 1700. The number of hydrogen-bond acceptors (Lipinski definition) is 5. The van der Waals surface area contributed by atoms with Gasteiger partial charge in [-0.05, 0) is 78.9 Å². The normalized spacial score (nSPS) is 26.8. The molecule has 5 heterocycles. The fourth-order valence-corrected chi connectivity index (χ4v) is 8.48. The van der Waals surface area contributed by atoms with Crippen molar-refractivity contribution >= 4 is 61.5 Å². The van der Waals surface area contributed by atoms with Crippen molar-refractivity contribution < 1.29 is 23.5 Å². The zero-order valence-electron chi connectivity index (χ0n) is 22.5. The van der Waals surface area contributed by atoms with Gasteiger partial charge in [0.1, 0.15) is 10.5 Å². The van der Waals surface area contributed by atoms with Crippen molar-refractivity contribution in [3.63, 3.8) is 0 Å². The first-order valence-electron chi connectivity index (χ1n) is 13.9. The van der Waals surface area contributed by atoms with Crippen LogP contribution in [0.15, 0.2) is 21.6 Å². The van der Waals surface area contributed by atoms with E-state index in [0.29, 0.717) is 35.5 Å². The molecule has 5 fully saturated rings. The number of nitrogens with zero attached hydrogens (tertiary/aromatic N) is 5. The molecule has 214 valence electrons. The van der Waals surface area contributed by atoms with Gasteiger partial charge >= 0.3 is 6.09 Å². The second-order valence-corrected chi connectivity index (χ2v) is 13.4. The number of pyridine rings is 1. The van der Waals surface area contributed by atoms with Gasteiger partial charge in [-0.15, -0.1) is 11.8 Å². The topological polar surface area (TPSA) is 102 Å². The maximum Gasteiger partial charge on any atom is 0.407 e. The Morgan fingerprint density at radius 2 is 2.05 bits per heavy atom. The summed E-state index contributed by atoms with van der Waals surface area (Å²) in [5.74, 6) is -1.56. The highest BCUT2D eigenvalue weighted by Gasteiger charge is 2.57. The van der Waals surface area contributed by atoms with Crippen LogP contribution in [0.5, 0.6) is 0 Å². The zero-order chi connectivity index (χ0) is 29.0. The van der Waals surface area contributed by atoms with Crippen LogP contribution in [0.1, 0.15) is 68.3 Å². The van der Waals surface area contributed by atoms with Crippen LogP contribution in [0.3, 0.4) is 0 Å². The minimum Gasteiger partial charge on any atom is -0.465 e. The number of aromatic nitrogens is 2. The van der Waals surface area contributed by atoms with Gasteiger partial charge in [-0.3, -0.25) is 4.79 Å². The van der Waals surface area contributed by atoms with E-state index < -0.39 is 29.4 Å². The molecule has 8 nitrogen and oxygen atoms in total. The minimum absolute atomic E-state index is 0.0608. The van der Waals surface area contributed by atoms with E-state index in [9.17, 15) is 20.0 Å². The number of fused-ring (bicyclic) bond motifs is 4. The number of rotatable bonds is 5. The fourth-order valence-electron chi connectivity index (χ4n) is 7.28. The third-order valence-corrected chi connectivity index (χ3v) is 11.1. The van der Waals surface area contributed by atoms with Crippen molar-refractivity contribution in [3.8, 4) is 6.07 Å². The van der Waals surface area contributed by atoms with Crippen LogP contribution in [-0.2, 0) is 4.79 Å². The third-order valence-electron chi connectivity index (χ3n) is 9.55. The number of likely N-dealkylation sites (tertiary alicyclic amines) is 1. The van der Waals surface area contributed by atoms with E-state index in [0.717, 1.165) is 29.4 Å². The molecule has 3 saturated heterocycles. The lowest BCUT2D eigenvalue weighted by molar-refractivity contribution is -0.139. The molecule has 1 aromatic carbocycles. The number of benzene rings is 1. The van der Waals surface area contributed by atoms with Gasteiger partial charge in [-0.1, -0.05) is 0 Å². The first kappa shape index (κ1) is 27.0. The number of alkyl halides is 1. The Labute approximate surface area is 247 Å². The lowest BCUT2D eigenvalue weighted by Gasteiger charge is -2.40. The lowest BCUT2D eigenvalue weighted by Crippen LogP contribution is -2.44. The summed E-state index contributed by atoms with van der Waals surface area (Å²) in [5, 5.41) is 21.5. The van der Waals surface area contributed by atoms with Crippen molar-refractivity contribution in [1.29, 1.82) is 5.26 Å². The quantitative estimate of drug-likeness (QED) is 0.317. The van der Waals surface area contributed by atoms with Gasteiger partial charge in [0.25, 0.3) is 5.91 Å². The fraction of sp³-hybridized carbons (Fsp3) is 0.517. The summed E-state index contributed by atoms with van der Waals surface area (Å²) < 4.78 is 33.3. The molecular formula is C29H28BrF2N5O3S. The number of halogens is 3. The van der Waals surface area contributed by atoms with Crippen molar-refractivity contribution in [2.45, 2.75) is 73.8 Å². The van der Waals surface area contributed by atoms with Crippen LogP contribution < -0.4 is 0 Å². The van der Waals surface area contributed by atoms with Gasteiger partial charge in [-0.2, -0.15) is 5.26 Å². The van der Waals surface area contributed by atoms with Crippen LogP contribution in [0, 0.1) is 23.1 Å². The molecule has 5 atom stereocenters. The minimum atomic E-state index is -1.80. The predicted octanol–water partition coefficient (Wildman–Crippen LogP) is 6.53. The molecule has 2 saturated carbocycles.